The number of halogens is 4. The van der Waals surface area contributed by atoms with Gasteiger partial charge in [0.05, 0.1) is 41.4 Å². The molecule has 1 aliphatic carbocycles. The van der Waals surface area contributed by atoms with Gasteiger partial charge in [-0.3, -0.25) is 14.7 Å². The third-order valence-electron chi connectivity index (χ3n) is 7.60. The molecule has 2 aromatic carbocycles. The molecule has 15 heteroatoms. The fourth-order valence-electron chi connectivity index (χ4n) is 5.31. The summed E-state index contributed by atoms with van der Waals surface area (Å²) in [5.41, 5.74) is 6.21. The van der Waals surface area contributed by atoms with Crippen LogP contribution in [0.1, 0.15) is 59.8 Å². The average molecular weight is 616 g/mol. The molecular formula is C29H29F4N7O4. The van der Waals surface area contributed by atoms with Gasteiger partial charge in [0, 0.05) is 24.1 Å². The first kappa shape index (κ1) is 30.7. The normalized spacial score (nSPS) is 17.0. The largest absolute Gasteiger partial charge is 0.495 e. The first-order valence-corrected chi connectivity index (χ1v) is 13.8. The molecule has 0 atom stereocenters. The molecule has 1 fully saturated rings. The highest BCUT2D eigenvalue weighted by Crippen LogP contribution is 2.37. The SMILES string of the molecule is COc1cc(-c2[nH]nc3nc(C4CCC(NCCC(=O)O)CC4)nc(N)c23)ccc1NC(=O)c1ccc(C(F)(F)F)cc1F. The second-order valence-electron chi connectivity index (χ2n) is 10.5. The predicted molar refractivity (Wildman–Crippen MR) is 153 cm³/mol. The Balaban J connectivity index is 1.32. The minimum atomic E-state index is -4.75. The molecule has 44 heavy (non-hydrogen) atoms. The number of hydrogen-bond acceptors (Lipinski definition) is 8. The molecule has 5 rings (SSSR count). The van der Waals surface area contributed by atoms with Gasteiger partial charge >= 0.3 is 12.1 Å². The van der Waals surface area contributed by atoms with E-state index in [1.807, 2.05) is 0 Å². The number of aromatic nitrogens is 4. The van der Waals surface area contributed by atoms with E-state index in [0.29, 0.717) is 40.7 Å². The number of aliphatic carboxylic acids is 1. The summed E-state index contributed by atoms with van der Waals surface area (Å²) in [6.07, 6.45) is -1.34. The monoisotopic (exact) mass is 615 g/mol. The number of aromatic amines is 1. The molecule has 232 valence electrons. The maximum Gasteiger partial charge on any atom is 0.416 e. The number of nitrogens with zero attached hydrogens (tertiary/aromatic N) is 3. The maximum absolute atomic E-state index is 14.3. The zero-order chi connectivity index (χ0) is 31.6. The molecule has 1 saturated carbocycles. The van der Waals surface area contributed by atoms with Gasteiger partial charge in [0.2, 0.25) is 0 Å². The molecule has 0 bridgehead atoms. The summed E-state index contributed by atoms with van der Waals surface area (Å²) in [5, 5.41) is 22.3. The fourth-order valence-corrected chi connectivity index (χ4v) is 5.31. The number of carboxylic acid groups (broad SMARTS) is 1. The van der Waals surface area contributed by atoms with Crippen molar-refractivity contribution in [1.29, 1.82) is 0 Å². The van der Waals surface area contributed by atoms with E-state index >= 15 is 0 Å². The molecule has 0 aliphatic heterocycles. The predicted octanol–water partition coefficient (Wildman–Crippen LogP) is 5.11. The molecule has 1 amide bonds. The summed E-state index contributed by atoms with van der Waals surface area (Å²) in [5.74, 6) is -2.02. The van der Waals surface area contributed by atoms with Gasteiger partial charge in [0.15, 0.2) is 5.65 Å². The number of alkyl halides is 3. The van der Waals surface area contributed by atoms with E-state index in [2.05, 4.69) is 30.8 Å². The van der Waals surface area contributed by atoms with Crippen LogP contribution in [0.2, 0.25) is 0 Å². The quantitative estimate of drug-likeness (QED) is 0.161. The second kappa shape index (κ2) is 12.4. The summed E-state index contributed by atoms with van der Waals surface area (Å²) < 4.78 is 58.4. The van der Waals surface area contributed by atoms with Gasteiger partial charge in [-0.15, -0.1) is 0 Å². The molecule has 0 spiro atoms. The Morgan fingerprint density at radius 1 is 1.11 bits per heavy atom. The number of ether oxygens (including phenoxy) is 1. The van der Waals surface area contributed by atoms with E-state index in [4.69, 9.17) is 15.6 Å². The number of hydrogen-bond donors (Lipinski definition) is 5. The number of rotatable bonds is 9. The Morgan fingerprint density at radius 3 is 2.52 bits per heavy atom. The minimum absolute atomic E-state index is 0.0731. The molecule has 0 radical (unpaired) electrons. The smallest absolute Gasteiger partial charge is 0.416 e. The van der Waals surface area contributed by atoms with Gasteiger partial charge in [0.25, 0.3) is 5.91 Å². The van der Waals surface area contributed by atoms with Gasteiger partial charge in [-0.05, 0) is 56.0 Å². The minimum Gasteiger partial charge on any atom is -0.495 e. The lowest BCUT2D eigenvalue weighted by atomic mass is 9.85. The number of amides is 1. The van der Waals surface area contributed by atoms with Crippen LogP contribution in [0.25, 0.3) is 22.3 Å². The van der Waals surface area contributed by atoms with Crippen molar-refractivity contribution in [3.8, 4) is 17.0 Å². The maximum atomic E-state index is 14.3. The van der Waals surface area contributed by atoms with Crippen LogP contribution in [0, 0.1) is 5.82 Å². The van der Waals surface area contributed by atoms with E-state index < -0.39 is 35.0 Å². The Morgan fingerprint density at radius 2 is 1.86 bits per heavy atom. The number of carbonyl (C=O) groups is 2. The van der Waals surface area contributed by atoms with E-state index in [0.717, 1.165) is 31.7 Å². The number of fused-ring (bicyclic) bond motifs is 1. The third kappa shape index (κ3) is 6.56. The lowest BCUT2D eigenvalue weighted by Gasteiger charge is -2.28. The molecule has 11 nitrogen and oxygen atoms in total. The Kier molecular flexibility index (Phi) is 8.67. The van der Waals surface area contributed by atoms with Crippen molar-refractivity contribution >= 4 is 34.4 Å². The Hall–Kier alpha value is -4.79. The lowest BCUT2D eigenvalue weighted by Crippen LogP contribution is -2.34. The van der Waals surface area contributed by atoms with Gasteiger partial charge in [0.1, 0.15) is 23.2 Å². The average Bonchev–Trinajstić information content (AvgIpc) is 3.42. The number of carbonyl (C=O) groups excluding carboxylic acids is 1. The highest BCUT2D eigenvalue weighted by molar-refractivity contribution is 6.05. The van der Waals surface area contributed by atoms with E-state index in [1.54, 1.807) is 12.1 Å². The first-order chi connectivity index (χ1) is 20.9. The summed E-state index contributed by atoms with van der Waals surface area (Å²) >= 11 is 0. The number of benzene rings is 2. The van der Waals surface area contributed by atoms with Crippen LogP contribution in [0.3, 0.4) is 0 Å². The fraction of sp³-hybridized carbons (Fsp3) is 0.345. The van der Waals surface area contributed by atoms with Crippen LogP contribution in [0.15, 0.2) is 36.4 Å². The highest BCUT2D eigenvalue weighted by Gasteiger charge is 2.32. The van der Waals surface area contributed by atoms with Crippen molar-refractivity contribution in [3.63, 3.8) is 0 Å². The van der Waals surface area contributed by atoms with Gasteiger partial charge in [-0.25, -0.2) is 14.4 Å². The molecule has 2 heterocycles. The zero-order valence-corrected chi connectivity index (χ0v) is 23.5. The first-order valence-electron chi connectivity index (χ1n) is 13.8. The molecule has 2 aromatic heterocycles. The molecule has 0 unspecified atom stereocenters. The number of nitrogens with two attached hydrogens (primary N) is 1. The van der Waals surface area contributed by atoms with Gasteiger partial charge < -0.3 is 26.2 Å². The number of anilines is 2. The Labute approximate surface area is 248 Å². The Bertz CT molecular complexity index is 1700. The summed E-state index contributed by atoms with van der Waals surface area (Å²) in [7, 11) is 1.36. The van der Waals surface area contributed by atoms with Crippen LogP contribution in [-0.4, -0.2) is 56.8 Å². The van der Waals surface area contributed by atoms with Crippen molar-refractivity contribution in [3.05, 3.63) is 59.2 Å². The van der Waals surface area contributed by atoms with Crippen LogP contribution in [0.4, 0.5) is 29.1 Å². The van der Waals surface area contributed by atoms with Crippen molar-refractivity contribution in [2.24, 2.45) is 0 Å². The van der Waals surface area contributed by atoms with Gasteiger partial charge in [-0.1, -0.05) is 6.07 Å². The number of methoxy groups -OCH3 is 1. The van der Waals surface area contributed by atoms with Crippen molar-refractivity contribution in [2.45, 2.75) is 50.2 Å². The number of carboxylic acids is 1. The van der Waals surface area contributed by atoms with Gasteiger partial charge in [-0.2, -0.15) is 18.3 Å². The summed E-state index contributed by atoms with van der Waals surface area (Å²) in [6, 6.07) is 6.61. The molecule has 6 N–H and O–H groups in total. The van der Waals surface area contributed by atoms with Crippen molar-refractivity contribution < 1.29 is 37.0 Å². The van der Waals surface area contributed by atoms with E-state index in [9.17, 15) is 27.2 Å². The highest BCUT2D eigenvalue weighted by atomic mass is 19.4. The standard InChI is InChI=1S/C29H29F4N7O4/c1-44-21-12-15(4-9-20(21)36-28(43)18-8-5-16(13-19(18)30)29(31,32)33)24-23-25(34)37-26(38-27(23)40-39-24)14-2-6-17(7-3-14)35-11-10-22(41)42/h4-5,8-9,12-14,17,35H,2-3,6-7,10-11H2,1H3,(H,36,43)(H,41,42)(H3,34,37,38,39,40). The van der Waals surface area contributed by atoms with Crippen LogP contribution in [-0.2, 0) is 11.0 Å². The summed E-state index contributed by atoms with van der Waals surface area (Å²) in [4.78, 5) is 32.7. The molecule has 4 aromatic rings. The number of nitrogen functional groups attached to an aromatic ring is 1. The van der Waals surface area contributed by atoms with Crippen LogP contribution >= 0.6 is 0 Å². The van der Waals surface area contributed by atoms with Crippen molar-refractivity contribution in [2.75, 3.05) is 24.7 Å². The molecule has 1 aliphatic rings. The molecular weight excluding hydrogens is 586 g/mol. The van der Waals surface area contributed by atoms with Crippen LogP contribution in [0.5, 0.6) is 5.75 Å². The number of nitrogens with one attached hydrogen (secondary N) is 3. The van der Waals surface area contributed by atoms with E-state index in [1.165, 1.54) is 13.2 Å². The van der Waals surface area contributed by atoms with Crippen LogP contribution < -0.4 is 21.1 Å². The third-order valence-corrected chi connectivity index (χ3v) is 7.60. The topological polar surface area (TPSA) is 168 Å². The zero-order valence-electron chi connectivity index (χ0n) is 23.5. The second-order valence-corrected chi connectivity index (χ2v) is 10.5. The van der Waals surface area contributed by atoms with Crippen molar-refractivity contribution in [1.82, 2.24) is 25.5 Å². The lowest BCUT2D eigenvalue weighted by molar-refractivity contribution is -0.138. The summed E-state index contributed by atoms with van der Waals surface area (Å²) in [6.45, 7) is 0.423. The molecule has 0 saturated heterocycles. The van der Waals surface area contributed by atoms with E-state index in [-0.39, 0.29) is 41.7 Å². The number of H-pyrrole nitrogens is 1.